The summed E-state index contributed by atoms with van der Waals surface area (Å²) in [7, 11) is 0. The summed E-state index contributed by atoms with van der Waals surface area (Å²) < 4.78 is 25.2. The Morgan fingerprint density at radius 1 is 1.38 bits per heavy atom. The Hall–Kier alpha value is -2.85. The molecule has 2 fully saturated rings. The van der Waals surface area contributed by atoms with E-state index in [9.17, 15) is 9.18 Å². The highest BCUT2D eigenvalue weighted by Crippen LogP contribution is 2.31. The first kappa shape index (κ1) is 21.0. The predicted molar refractivity (Wildman–Crippen MR) is 116 cm³/mol. The van der Waals surface area contributed by atoms with Crippen molar-refractivity contribution in [2.75, 3.05) is 38.2 Å². The van der Waals surface area contributed by atoms with Gasteiger partial charge in [0.1, 0.15) is 6.17 Å². The maximum atomic E-state index is 14.5. The van der Waals surface area contributed by atoms with Gasteiger partial charge in [-0.3, -0.25) is 0 Å². The van der Waals surface area contributed by atoms with Crippen LogP contribution in [0.4, 0.5) is 15.0 Å². The highest BCUT2D eigenvalue weighted by molar-refractivity contribution is 6.31. The van der Waals surface area contributed by atoms with E-state index in [2.05, 4.69) is 25.9 Å². The van der Waals surface area contributed by atoms with Crippen LogP contribution in [-0.2, 0) is 9.47 Å². The summed E-state index contributed by atoms with van der Waals surface area (Å²) in [5.74, 6) is 0.209. The molecule has 2 unspecified atom stereocenters. The first-order valence-electron chi connectivity index (χ1n) is 10.7. The molecule has 9 nitrogen and oxygen atoms in total. The highest BCUT2D eigenvalue weighted by atomic mass is 35.5. The normalized spacial score (nSPS) is 26.5. The van der Waals surface area contributed by atoms with Crippen LogP contribution in [0.3, 0.4) is 0 Å². The molecule has 1 aromatic rings. The maximum absolute atomic E-state index is 14.5. The summed E-state index contributed by atoms with van der Waals surface area (Å²) in [5.41, 5.74) is 1.63. The SMILES string of the molecule is O=C(OCC1CCOC1)N1CC[C@H](Nc2nc(C3=CNC4NC=C(Cl)C=C34)ncc2F)C1. The molecule has 0 aromatic carbocycles. The first-order chi connectivity index (χ1) is 15.6. The van der Waals surface area contributed by atoms with Crippen LogP contribution in [0.5, 0.6) is 0 Å². The lowest BCUT2D eigenvalue weighted by atomic mass is 10.0. The summed E-state index contributed by atoms with van der Waals surface area (Å²) in [6, 6.07) is -0.133. The molecule has 2 saturated heterocycles. The van der Waals surface area contributed by atoms with Crippen molar-refractivity contribution in [3.63, 3.8) is 0 Å². The monoisotopic (exact) mass is 462 g/mol. The third-order valence-corrected chi connectivity index (χ3v) is 6.15. The van der Waals surface area contributed by atoms with Crippen molar-refractivity contribution in [2.45, 2.75) is 25.0 Å². The lowest BCUT2D eigenvalue weighted by Crippen LogP contribution is -2.36. The van der Waals surface area contributed by atoms with Crippen molar-refractivity contribution in [1.82, 2.24) is 25.5 Å². The minimum atomic E-state index is -0.548. The minimum absolute atomic E-state index is 0.105. The summed E-state index contributed by atoms with van der Waals surface area (Å²) in [6.07, 6.45) is 7.58. The largest absolute Gasteiger partial charge is 0.449 e. The Morgan fingerprint density at radius 2 is 2.25 bits per heavy atom. The molecule has 3 N–H and O–H groups in total. The highest BCUT2D eigenvalue weighted by Gasteiger charge is 2.31. The van der Waals surface area contributed by atoms with Gasteiger partial charge in [-0.1, -0.05) is 11.6 Å². The van der Waals surface area contributed by atoms with E-state index in [0.29, 0.717) is 43.6 Å². The molecule has 32 heavy (non-hydrogen) atoms. The first-order valence-corrected chi connectivity index (χ1v) is 11.0. The zero-order valence-electron chi connectivity index (χ0n) is 17.3. The van der Waals surface area contributed by atoms with E-state index in [1.54, 1.807) is 17.3 Å². The predicted octanol–water partition coefficient (Wildman–Crippen LogP) is 2.16. The Bertz CT molecular complexity index is 994. The number of allylic oxidation sites excluding steroid dienone is 2. The summed E-state index contributed by atoms with van der Waals surface area (Å²) >= 11 is 6.11. The summed E-state index contributed by atoms with van der Waals surface area (Å²) in [4.78, 5) is 22.5. The fourth-order valence-electron chi connectivity index (χ4n) is 4.17. The molecule has 0 radical (unpaired) electrons. The lowest BCUT2D eigenvalue weighted by Gasteiger charge is -2.20. The second kappa shape index (κ2) is 8.95. The zero-order valence-corrected chi connectivity index (χ0v) is 18.1. The Kier molecular flexibility index (Phi) is 5.88. The Balaban J connectivity index is 1.21. The van der Waals surface area contributed by atoms with E-state index in [-0.39, 0.29) is 30.0 Å². The average molecular weight is 463 g/mol. The van der Waals surface area contributed by atoms with E-state index in [1.807, 2.05) is 6.08 Å². The van der Waals surface area contributed by atoms with Gasteiger partial charge in [0.2, 0.25) is 0 Å². The van der Waals surface area contributed by atoms with E-state index < -0.39 is 5.82 Å². The van der Waals surface area contributed by atoms with Gasteiger partial charge in [-0.2, -0.15) is 0 Å². The van der Waals surface area contributed by atoms with Crippen molar-refractivity contribution in [1.29, 1.82) is 0 Å². The average Bonchev–Trinajstić information content (AvgIpc) is 3.54. The number of ether oxygens (including phenoxy) is 2. The standard InChI is InChI=1S/C21H24ClFN6O3/c22-13-5-15-16(7-25-18(15)24-6-13)19-26-8-17(23)20(28-19)27-14-1-3-29(9-14)21(30)32-11-12-2-4-31-10-12/h5-8,12,14,18,24-25H,1-4,9-11H2,(H,26,27,28)/t12?,14-,18?/m0/s1. The number of likely N-dealkylation sites (tertiary alicyclic amines) is 1. The number of carbonyl (C=O) groups excluding carboxylic acids is 1. The molecule has 5 rings (SSSR count). The number of nitrogens with zero attached hydrogens (tertiary/aromatic N) is 3. The Morgan fingerprint density at radius 3 is 3.09 bits per heavy atom. The third kappa shape index (κ3) is 4.37. The second-order valence-corrected chi connectivity index (χ2v) is 8.66. The van der Waals surface area contributed by atoms with E-state index in [1.165, 1.54) is 0 Å². The topological polar surface area (TPSA) is 101 Å². The van der Waals surface area contributed by atoms with Crippen LogP contribution in [0.15, 0.2) is 35.3 Å². The van der Waals surface area contributed by atoms with Crippen LogP contribution in [0.2, 0.25) is 0 Å². The number of dihydropyridines is 1. The van der Waals surface area contributed by atoms with Crippen molar-refractivity contribution in [2.24, 2.45) is 5.92 Å². The maximum Gasteiger partial charge on any atom is 0.409 e. The van der Waals surface area contributed by atoms with Crippen LogP contribution in [0, 0.1) is 11.7 Å². The number of fused-ring (bicyclic) bond motifs is 1. The third-order valence-electron chi connectivity index (χ3n) is 5.94. The minimum Gasteiger partial charge on any atom is -0.449 e. The molecule has 5 heterocycles. The molecular weight excluding hydrogens is 439 g/mol. The van der Waals surface area contributed by atoms with Crippen molar-refractivity contribution in [3.8, 4) is 0 Å². The smallest absolute Gasteiger partial charge is 0.409 e. The zero-order chi connectivity index (χ0) is 22.1. The quantitative estimate of drug-likeness (QED) is 0.612. The van der Waals surface area contributed by atoms with Crippen molar-refractivity contribution < 1.29 is 18.7 Å². The molecule has 4 aliphatic rings. The number of amides is 1. The van der Waals surface area contributed by atoms with Crippen LogP contribution in [0.25, 0.3) is 5.57 Å². The number of hydrogen-bond donors (Lipinski definition) is 3. The van der Waals surface area contributed by atoms with Gasteiger partial charge >= 0.3 is 6.09 Å². The number of nitrogens with one attached hydrogen (secondary N) is 3. The molecule has 0 bridgehead atoms. The molecule has 4 aliphatic heterocycles. The summed E-state index contributed by atoms with van der Waals surface area (Å²) in [6.45, 7) is 2.67. The fourth-order valence-corrected chi connectivity index (χ4v) is 4.35. The van der Waals surface area contributed by atoms with Gasteiger partial charge in [0.05, 0.1) is 24.4 Å². The van der Waals surface area contributed by atoms with Crippen LogP contribution >= 0.6 is 11.6 Å². The molecule has 0 saturated carbocycles. The van der Waals surface area contributed by atoms with Crippen molar-refractivity contribution in [3.05, 3.63) is 46.9 Å². The molecule has 11 heteroatoms. The summed E-state index contributed by atoms with van der Waals surface area (Å²) in [5, 5.41) is 9.99. The molecule has 0 spiro atoms. The van der Waals surface area contributed by atoms with Gasteiger partial charge in [-0.15, -0.1) is 0 Å². The molecule has 1 amide bonds. The van der Waals surface area contributed by atoms with E-state index in [0.717, 1.165) is 30.4 Å². The van der Waals surface area contributed by atoms with Gasteiger partial charge in [0.25, 0.3) is 0 Å². The van der Waals surface area contributed by atoms with Crippen molar-refractivity contribution >= 4 is 29.1 Å². The van der Waals surface area contributed by atoms with Gasteiger partial charge in [0, 0.05) is 55.2 Å². The van der Waals surface area contributed by atoms with Gasteiger partial charge in [-0.05, 0) is 18.9 Å². The number of halogens is 2. The van der Waals surface area contributed by atoms with Gasteiger partial charge in [0.15, 0.2) is 17.5 Å². The number of anilines is 1. The second-order valence-electron chi connectivity index (χ2n) is 8.23. The van der Waals surface area contributed by atoms with Crippen LogP contribution in [0.1, 0.15) is 18.7 Å². The number of carbonyl (C=O) groups is 1. The van der Waals surface area contributed by atoms with E-state index >= 15 is 0 Å². The van der Waals surface area contributed by atoms with Gasteiger partial charge < -0.3 is 30.3 Å². The molecular formula is C21H24ClFN6O3. The number of rotatable bonds is 5. The number of hydrogen-bond acceptors (Lipinski definition) is 8. The van der Waals surface area contributed by atoms with Crippen LogP contribution < -0.4 is 16.0 Å². The Labute approximate surface area is 189 Å². The number of aromatic nitrogens is 2. The molecule has 1 aromatic heterocycles. The molecule has 0 aliphatic carbocycles. The fraction of sp³-hybridized carbons (Fsp3) is 0.476. The van der Waals surface area contributed by atoms with Crippen LogP contribution in [-0.4, -0.2) is 66.1 Å². The van der Waals surface area contributed by atoms with Gasteiger partial charge in [-0.25, -0.2) is 19.2 Å². The lowest BCUT2D eigenvalue weighted by molar-refractivity contribution is 0.0893. The molecule has 3 atom stereocenters. The van der Waals surface area contributed by atoms with E-state index in [4.69, 9.17) is 21.1 Å². The molecule has 170 valence electrons.